The summed E-state index contributed by atoms with van der Waals surface area (Å²) < 4.78 is 37.0. The SMILES string of the molecule is CCn1nnc2c(C)c([C@@H](CC(=O)O)c3ccc(C)c(CN4C[C@H]5COCCN5c5ncccc5S4(=O)=O)c3)ccc21. The zero-order valence-electron chi connectivity index (χ0n) is 23.9. The number of hydrogen-bond acceptors (Lipinski definition) is 8. The Bertz CT molecular complexity index is 1770. The van der Waals surface area contributed by atoms with Crippen LogP contribution in [0.15, 0.2) is 53.6 Å². The summed E-state index contributed by atoms with van der Waals surface area (Å²) in [7, 11) is -3.87. The first kappa shape index (κ1) is 28.3. The topological polar surface area (TPSA) is 131 Å². The smallest absolute Gasteiger partial charge is 0.304 e. The number of benzene rings is 2. The standard InChI is InChI=1S/C30H34N6O5S/c1-4-36-26-10-9-24(20(3)29(26)32-33-36)25(15-28(37)38)21-8-7-19(2)22(14-21)16-34-17-23-18-41-13-12-35(23)30-27(42(34,39)40)6-5-11-31-30/h5-11,14,23,25H,4,12-13,15-18H2,1-3H3,(H,37,38)/t23-,25-/m0/s1. The second-order valence-electron chi connectivity index (χ2n) is 10.9. The lowest BCUT2D eigenvalue weighted by Gasteiger charge is -2.36. The molecular weight excluding hydrogens is 556 g/mol. The van der Waals surface area contributed by atoms with Crippen LogP contribution >= 0.6 is 0 Å². The van der Waals surface area contributed by atoms with E-state index in [1.54, 1.807) is 18.3 Å². The van der Waals surface area contributed by atoms with Crippen LogP contribution in [-0.2, 0) is 32.6 Å². The predicted molar refractivity (Wildman–Crippen MR) is 157 cm³/mol. The van der Waals surface area contributed by atoms with Crippen LogP contribution in [0.4, 0.5) is 5.82 Å². The van der Waals surface area contributed by atoms with Crippen molar-refractivity contribution in [2.45, 2.75) is 57.1 Å². The summed E-state index contributed by atoms with van der Waals surface area (Å²) in [5.41, 5.74) is 5.95. The number of nitrogens with zero attached hydrogens (tertiary/aromatic N) is 6. The molecule has 4 heterocycles. The average molecular weight is 591 g/mol. The lowest BCUT2D eigenvalue weighted by Crippen LogP contribution is -2.50. The third kappa shape index (κ3) is 4.93. The zero-order valence-corrected chi connectivity index (χ0v) is 24.7. The Labute approximate surface area is 244 Å². The van der Waals surface area contributed by atoms with E-state index >= 15 is 0 Å². The Morgan fingerprint density at radius 2 is 2.02 bits per heavy atom. The summed E-state index contributed by atoms with van der Waals surface area (Å²) in [5, 5.41) is 18.5. The third-order valence-corrected chi connectivity index (χ3v) is 10.3. The fourth-order valence-corrected chi connectivity index (χ4v) is 7.76. The van der Waals surface area contributed by atoms with Crippen molar-refractivity contribution >= 4 is 32.8 Å². The Morgan fingerprint density at radius 3 is 2.81 bits per heavy atom. The van der Waals surface area contributed by atoms with E-state index in [1.165, 1.54) is 4.31 Å². The fourth-order valence-electron chi connectivity index (χ4n) is 6.15. The summed E-state index contributed by atoms with van der Waals surface area (Å²) in [4.78, 5) is 18.8. The van der Waals surface area contributed by atoms with Crippen molar-refractivity contribution in [3.05, 3.63) is 76.5 Å². The molecule has 6 rings (SSSR count). The van der Waals surface area contributed by atoms with Crippen molar-refractivity contribution in [2.75, 3.05) is 31.2 Å². The molecule has 2 aromatic heterocycles. The molecule has 0 spiro atoms. The number of morpholine rings is 1. The van der Waals surface area contributed by atoms with Crippen LogP contribution in [0.25, 0.3) is 11.0 Å². The molecule has 0 unspecified atom stereocenters. The van der Waals surface area contributed by atoms with Gasteiger partial charge in [0.1, 0.15) is 16.2 Å². The first-order valence-electron chi connectivity index (χ1n) is 14.1. The van der Waals surface area contributed by atoms with E-state index in [-0.39, 0.29) is 30.4 Å². The highest BCUT2D eigenvalue weighted by Gasteiger charge is 2.39. The highest BCUT2D eigenvalue weighted by Crippen LogP contribution is 2.36. The lowest BCUT2D eigenvalue weighted by molar-refractivity contribution is -0.137. The number of aromatic nitrogens is 4. The van der Waals surface area contributed by atoms with Crippen LogP contribution in [0.3, 0.4) is 0 Å². The lowest BCUT2D eigenvalue weighted by atomic mass is 9.84. The number of aliphatic carboxylic acids is 1. The molecule has 0 amide bonds. The number of hydrogen-bond donors (Lipinski definition) is 1. The van der Waals surface area contributed by atoms with Crippen LogP contribution in [-0.4, -0.2) is 76.1 Å². The number of anilines is 1. The second kappa shape index (κ2) is 11.1. The summed E-state index contributed by atoms with van der Waals surface area (Å²) in [6.07, 6.45) is 1.50. The van der Waals surface area contributed by atoms with E-state index in [0.717, 1.165) is 38.9 Å². The van der Waals surface area contributed by atoms with Gasteiger partial charge in [0.05, 0.1) is 31.2 Å². The number of carboxylic acid groups (broad SMARTS) is 1. The number of ether oxygens (including phenoxy) is 1. The minimum atomic E-state index is -3.87. The molecule has 2 atom stereocenters. The number of fused-ring (bicyclic) bond motifs is 4. The Morgan fingerprint density at radius 1 is 1.19 bits per heavy atom. The van der Waals surface area contributed by atoms with E-state index in [9.17, 15) is 18.3 Å². The molecule has 2 aliphatic rings. The Kier molecular flexibility index (Phi) is 7.46. The highest BCUT2D eigenvalue weighted by molar-refractivity contribution is 7.89. The largest absolute Gasteiger partial charge is 0.481 e. The first-order chi connectivity index (χ1) is 20.2. The zero-order chi connectivity index (χ0) is 29.6. The monoisotopic (exact) mass is 590 g/mol. The molecule has 0 bridgehead atoms. The van der Waals surface area contributed by atoms with Gasteiger partial charge >= 0.3 is 5.97 Å². The van der Waals surface area contributed by atoms with Gasteiger partial charge in [-0.2, -0.15) is 4.31 Å². The fraction of sp³-hybridized carbons (Fsp3) is 0.400. The van der Waals surface area contributed by atoms with Gasteiger partial charge in [0.2, 0.25) is 10.0 Å². The molecule has 4 aromatic rings. The quantitative estimate of drug-likeness (QED) is 0.344. The number of carbonyl (C=O) groups is 1. The highest BCUT2D eigenvalue weighted by atomic mass is 32.2. The number of pyridine rings is 1. The molecule has 2 aromatic carbocycles. The maximum Gasteiger partial charge on any atom is 0.304 e. The van der Waals surface area contributed by atoms with Gasteiger partial charge in [-0.25, -0.2) is 18.1 Å². The minimum absolute atomic E-state index is 0.119. The molecule has 1 fully saturated rings. The molecule has 2 aliphatic heterocycles. The molecule has 1 N–H and O–H groups in total. The van der Waals surface area contributed by atoms with Crippen molar-refractivity contribution in [1.82, 2.24) is 24.3 Å². The van der Waals surface area contributed by atoms with Crippen molar-refractivity contribution in [2.24, 2.45) is 0 Å². The molecule has 11 nitrogen and oxygen atoms in total. The molecule has 42 heavy (non-hydrogen) atoms. The number of aryl methyl sites for hydroxylation is 3. The molecule has 1 saturated heterocycles. The summed E-state index contributed by atoms with van der Waals surface area (Å²) in [6.45, 7) is 8.46. The Balaban J connectivity index is 1.40. The van der Waals surface area contributed by atoms with Gasteiger partial charge in [-0.1, -0.05) is 29.5 Å². The third-order valence-electron chi connectivity index (χ3n) is 8.44. The van der Waals surface area contributed by atoms with Gasteiger partial charge in [-0.15, -0.1) is 5.10 Å². The number of sulfonamides is 1. The van der Waals surface area contributed by atoms with E-state index in [4.69, 9.17) is 4.74 Å². The van der Waals surface area contributed by atoms with E-state index in [2.05, 4.69) is 15.3 Å². The first-order valence-corrected chi connectivity index (χ1v) is 15.6. The van der Waals surface area contributed by atoms with Gasteiger partial charge in [0.25, 0.3) is 0 Å². The summed E-state index contributed by atoms with van der Waals surface area (Å²) >= 11 is 0. The normalized spacial score (nSPS) is 19.2. The van der Waals surface area contributed by atoms with Gasteiger partial charge < -0.3 is 14.7 Å². The van der Waals surface area contributed by atoms with Crippen LogP contribution < -0.4 is 4.90 Å². The van der Waals surface area contributed by atoms with Crippen LogP contribution in [0, 0.1) is 13.8 Å². The van der Waals surface area contributed by atoms with Crippen molar-refractivity contribution in [1.29, 1.82) is 0 Å². The van der Waals surface area contributed by atoms with Gasteiger partial charge in [0.15, 0.2) is 0 Å². The van der Waals surface area contributed by atoms with Crippen molar-refractivity contribution < 1.29 is 23.1 Å². The predicted octanol–water partition coefficient (Wildman–Crippen LogP) is 3.48. The van der Waals surface area contributed by atoms with Gasteiger partial charge in [-0.05, 0) is 66.8 Å². The summed E-state index contributed by atoms with van der Waals surface area (Å²) in [6, 6.07) is 12.8. The average Bonchev–Trinajstić information content (AvgIpc) is 3.38. The van der Waals surface area contributed by atoms with Crippen molar-refractivity contribution in [3.63, 3.8) is 0 Å². The second-order valence-corrected chi connectivity index (χ2v) is 12.8. The van der Waals surface area contributed by atoms with Crippen LogP contribution in [0.5, 0.6) is 0 Å². The maximum absolute atomic E-state index is 14.0. The summed E-state index contributed by atoms with van der Waals surface area (Å²) in [5.74, 6) is -0.910. The number of carboxylic acids is 1. The van der Waals surface area contributed by atoms with Gasteiger partial charge in [-0.3, -0.25) is 4.79 Å². The van der Waals surface area contributed by atoms with Crippen LogP contribution in [0.2, 0.25) is 0 Å². The minimum Gasteiger partial charge on any atom is -0.481 e. The maximum atomic E-state index is 14.0. The molecule has 0 aliphatic carbocycles. The molecular formula is C30H34N6O5S. The molecule has 220 valence electrons. The van der Waals surface area contributed by atoms with Crippen LogP contribution in [0.1, 0.15) is 47.1 Å². The molecule has 0 saturated carbocycles. The number of rotatable bonds is 7. The van der Waals surface area contributed by atoms with E-state index in [0.29, 0.717) is 32.1 Å². The molecule has 0 radical (unpaired) electrons. The molecule has 12 heteroatoms. The van der Waals surface area contributed by atoms with E-state index in [1.807, 2.05) is 60.7 Å². The van der Waals surface area contributed by atoms with E-state index < -0.39 is 21.9 Å². The Hall–Kier alpha value is -3.87. The van der Waals surface area contributed by atoms with Crippen molar-refractivity contribution in [3.8, 4) is 0 Å². The van der Waals surface area contributed by atoms with Gasteiger partial charge in [0, 0.05) is 38.3 Å².